The maximum atomic E-state index is 11.7. The van der Waals surface area contributed by atoms with E-state index in [1.807, 2.05) is 0 Å². The first-order chi connectivity index (χ1) is 7.59. The average molecular weight is 227 g/mol. The van der Waals surface area contributed by atoms with Crippen LogP contribution in [0.5, 0.6) is 0 Å². The van der Waals surface area contributed by atoms with Gasteiger partial charge in [-0.05, 0) is 13.0 Å². The smallest absolute Gasteiger partial charge is 0.239 e. The third-order valence-corrected chi connectivity index (χ3v) is 2.51. The summed E-state index contributed by atoms with van der Waals surface area (Å²) in [5.41, 5.74) is 0. The van der Waals surface area contributed by atoms with E-state index in [9.17, 15) is 9.59 Å². The predicted molar refractivity (Wildman–Crippen MR) is 62.0 cm³/mol. The van der Waals surface area contributed by atoms with Gasteiger partial charge in [-0.15, -0.1) is 0 Å². The number of amides is 2. The Labute approximate surface area is 96.6 Å². The molecule has 0 radical (unpaired) electrons. The highest BCUT2D eigenvalue weighted by Crippen LogP contribution is 2.00. The van der Waals surface area contributed by atoms with Crippen molar-refractivity contribution in [3.05, 3.63) is 0 Å². The SMILES string of the molecule is CC(C)NCCCC(=O)N1CCNC(=O)C1. The second kappa shape index (κ2) is 6.48. The fourth-order valence-corrected chi connectivity index (χ4v) is 1.64. The van der Waals surface area contributed by atoms with E-state index in [0.717, 1.165) is 13.0 Å². The van der Waals surface area contributed by atoms with Crippen molar-refractivity contribution in [1.82, 2.24) is 15.5 Å². The van der Waals surface area contributed by atoms with E-state index in [1.165, 1.54) is 0 Å². The van der Waals surface area contributed by atoms with Crippen LogP contribution in [-0.2, 0) is 9.59 Å². The average Bonchev–Trinajstić information content (AvgIpc) is 2.24. The van der Waals surface area contributed by atoms with E-state index in [2.05, 4.69) is 24.5 Å². The number of hydrogen-bond acceptors (Lipinski definition) is 3. The summed E-state index contributed by atoms with van der Waals surface area (Å²) in [4.78, 5) is 24.4. The molecule has 1 heterocycles. The van der Waals surface area contributed by atoms with Gasteiger partial charge < -0.3 is 15.5 Å². The summed E-state index contributed by atoms with van der Waals surface area (Å²) < 4.78 is 0. The Bertz CT molecular complexity index is 254. The molecule has 5 heteroatoms. The zero-order valence-corrected chi connectivity index (χ0v) is 10.1. The summed E-state index contributed by atoms with van der Waals surface area (Å²) in [5, 5.41) is 5.97. The van der Waals surface area contributed by atoms with Crippen molar-refractivity contribution in [2.24, 2.45) is 0 Å². The quantitative estimate of drug-likeness (QED) is 0.635. The third-order valence-electron chi connectivity index (χ3n) is 2.51. The van der Waals surface area contributed by atoms with Crippen molar-refractivity contribution in [3.8, 4) is 0 Å². The van der Waals surface area contributed by atoms with Crippen LogP contribution in [0.3, 0.4) is 0 Å². The van der Waals surface area contributed by atoms with Crippen molar-refractivity contribution in [3.63, 3.8) is 0 Å². The fraction of sp³-hybridized carbons (Fsp3) is 0.818. The number of rotatable bonds is 5. The maximum Gasteiger partial charge on any atom is 0.239 e. The highest BCUT2D eigenvalue weighted by atomic mass is 16.2. The standard InChI is InChI=1S/C11H21N3O2/c1-9(2)12-5-3-4-11(16)14-7-6-13-10(15)8-14/h9,12H,3-8H2,1-2H3,(H,13,15). The number of carbonyl (C=O) groups is 2. The van der Waals surface area contributed by atoms with Gasteiger partial charge in [0.05, 0.1) is 6.54 Å². The lowest BCUT2D eigenvalue weighted by Gasteiger charge is -2.26. The van der Waals surface area contributed by atoms with Crippen molar-refractivity contribution < 1.29 is 9.59 Å². The lowest BCUT2D eigenvalue weighted by atomic mass is 10.2. The first-order valence-electron chi connectivity index (χ1n) is 5.87. The van der Waals surface area contributed by atoms with Crippen LogP contribution in [0, 0.1) is 0 Å². The van der Waals surface area contributed by atoms with Crippen LogP contribution in [0.4, 0.5) is 0 Å². The number of carbonyl (C=O) groups excluding carboxylic acids is 2. The predicted octanol–water partition coefficient (Wildman–Crippen LogP) is -0.277. The van der Waals surface area contributed by atoms with E-state index < -0.39 is 0 Å². The van der Waals surface area contributed by atoms with Crippen molar-refractivity contribution in [1.29, 1.82) is 0 Å². The summed E-state index contributed by atoms with van der Waals surface area (Å²) >= 11 is 0. The van der Waals surface area contributed by atoms with Gasteiger partial charge in [-0.1, -0.05) is 13.8 Å². The van der Waals surface area contributed by atoms with Gasteiger partial charge in [-0.3, -0.25) is 9.59 Å². The molecule has 0 bridgehead atoms. The largest absolute Gasteiger partial charge is 0.353 e. The molecule has 0 unspecified atom stereocenters. The molecule has 16 heavy (non-hydrogen) atoms. The molecule has 5 nitrogen and oxygen atoms in total. The minimum absolute atomic E-state index is 0.0556. The molecule has 0 saturated carbocycles. The zero-order valence-electron chi connectivity index (χ0n) is 10.1. The molecule has 2 amide bonds. The number of nitrogens with zero attached hydrogens (tertiary/aromatic N) is 1. The van der Waals surface area contributed by atoms with Gasteiger partial charge >= 0.3 is 0 Å². The Hall–Kier alpha value is -1.10. The van der Waals surface area contributed by atoms with Crippen LogP contribution in [-0.4, -0.2) is 48.9 Å². The number of nitrogens with one attached hydrogen (secondary N) is 2. The molecule has 0 aromatic heterocycles. The molecule has 1 saturated heterocycles. The van der Waals surface area contributed by atoms with Crippen molar-refractivity contribution >= 4 is 11.8 Å². The molecule has 0 aliphatic carbocycles. The number of hydrogen-bond donors (Lipinski definition) is 2. The zero-order chi connectivity index (χ0) is 12.0. The molecule has 0 atom stereocenters. The van der Waals surface area contributed by atoms with Crippen molar-refractivity contribution in [2.45, 2.75) is 32.7 Å². The van der Waals surface area contributed by atoms with Gasteiger partial charge in [-0.2, -0.15) is 0 Å². The summed E-state index contributed by atoms with van der Waals surface area (Å²) in [6.45, 7) is 6.45. The molecule has 1 rings (SSSR count). The van der Waals surface area contributed by atoms with Crippen LogP contribution >= 0.6 is 0 Å². The Balaban J connectivity index is 2.16. The first-order valence-corrected chi connectivity index (χ1v) is 5.87. The second-order valence-electron chi connectivity index (χ2n) is 4.38. The Kier molecular flexibility index (Phi) is 5.25. The molecule has 92 valence electrons. The van der Waals surface area contributed by atoms with E-state index in [1.54, 1.807) is 4.90 Å². The third kappa shape index (κ3) is 4.61. The minimum atomic E-state index is -0.0556. The molecule has 1 aliphatic heterocycles. The van der Waals surface area contributed by atoms with Gasteiger partial charge in [0.1, 0.15) is 0 Å². The molecule has 1 aliphatic rings. The van der Waals surface area contributed by atoms with Crippen LogP contribution in [0.1, 0.15) is 26.7 Å². The second-order valence-corrected chi connectivity index (χ2v) is 4.38. The summed E-state index contributed by atoms with van der Waals surface area (Å²) in [7, 11) is 0. The highest BCUT2D eigenvalue weighted by Gasteiger charge is 2.20. The van der Waals surface area contributed by atoms with E-state index >= 15 is 0 Å². The Morgan fingerprint density at radius 1 is 1.56 bits per heavy atom. The monoisotopic (exact) mass is 227 g/mol. The fourth-order valence-electron chi connectivity index (χ4n) is 1.64. The number of piperazine rings is 1. The van der Waals surface area contributed by atoms with Crippen LogP contribution in [0.25, 0.3) is 0 Å². The molecule has 2 N–H and O–H groups in total. The van der Waals surface area contributed by atoms with Crippen LogP contribution in [0.2, 0.25) is 0 Å². The molecular formula is C11H21N3O2. The topological polar surface area (TPSA) is 61.4 Å². The molecule has 0 aromatic rings. The molecule has 0 spiro atoms. The van der Waals surface area contributed by atoms with Gasteiger partial charge in [0, 0.05) is 25.6 Å². The van der Waals surface area contributed by atoms with Gasteiger partial charge in [0.2, 0.25) is 11.8 Å². The Morgan fingerprint density at radius 2 is 2.31 bits per heavy atom. The molecule has 0 aromatic carbocycles. The van der Waals surface area contributed by atoms with Crippen molar-refractivity contribution in [2.75, 3.05) is 26.2 Å². The lowest BCUT2D eigenvalue weighted by Crippen LogP contribution is -2.50. The van der Waals surface area contributed by atoms with E-state index in [0.29, 0.717) is 25.6 Å². The van der Waals surface area contributed by atoms with Crippen LogP contribution in [0.15, 0.2) is 0 Å². The highest BCUT2D eigenvalue weighted by molar-refractivity contribution is 5.85. The van der Waals surface area contributed by atoms with E-state index in [-0.39, 0.29) is 18.4 Å². The maximum absolute atomic E-state index is 11.7. The van der Waals surface area contributed by atoms with Gasteiger partial charge in [0.25, 0.3) is 0 Å². The first kappa shape index (κ1) is 13.0. The van der Waals surface area contributed by atoms with Crippen LogP contribution < -0.4 is 10.6 Å². The normalized spacial score (nSPS) is 16.4. The summed E-state index contributed by atoms with van der Waals surface area (Å²) in [5.74, 6) is 0.0281. The van der Waals surface area contributed by atoms with E-state index in [4.69, 9.17) is 0 Å². The van der Waals surface area contributed by atoms with Gasteiger partial charge in [-0.25, -0.2) is 0 Å². The molecule has 1 fully saturated rings. The van der Waals surface area contributed by atoms with Gasteiger partial charge in [0.15, 0.2) is 0 Å². The Morgan fingerprint density at radius 3 is 2.94 bits per heavy atom. The summed E-state index contributed by atoms with van der Waals surface area (Å²) in [6, 6.07) is 0.455. The molecular weight excluding hydrogens is 206 g/mol. The minimum Gasteiger partial charge on any atom is -0.353 e. The lowest BCUT2D eigenvalue weighted by molar-refractivity contribution is -0.138. The summed E-state index contributed by atoms with van der Waals surface area (Å²) in [6.07, 6.45) is 1.35.